The van der Waals surface area contributed by atoms with Gasteiger partial charge in [-0.15, -0.1) is 0 Å². The maximum absolute atomic E-state index is 12.2. The summed E-state index contributed by atoms with van der Waals surface area (Å²) in [6.07, 6.45) is 11.2. The van der Waals surface area contributed by atoms with E-state index >= 15 is 0 Å². The fraction of sp³-hybridized carbons (Fsp3) is 0.850. The van der Waals surface area contributed by atoms with Crippen molar-refractivity contribution in [2.24, 2.45) is 16.8 Å². The molecule has 3 rings (SSSR count). The van der Waals surface area contributed by atoms with Crippen molar-refractivity contribution < 1.29 is 9.59 Å². The zero-order valence-corrected chi connectivity index (χ0v) is 16.9. The number of carbonyl (C=O) groups is 2. The van der Waals surface area contributed by atoms with Crippen molar-refractivity contribution in [2.75, 3.05) is 26.7 Å². The standard InChI is InChI=1S/C20H35N5O2/c1-20(17(26)23-19(27)24-20)16-10-12-25(13-11-16)18(21-2)22-14-15-8-6-4-3-5-7-9-15/h15-16H,3-14H2,1-2H3,(H,21,22)(H2,23,24,26,27). The van der Waals surface area contributed by atoms with Gasteiger partial charge in [0.25, 0.3) is 5.91 Å². The normalized spacial score (nSPS) is 29.1. The second-order valence-corrected chi connectivity index (χ2v) is 8.51. The lowest BCUT2D eigenvalue weighted by atomic mass is 9.79. The fourth-order valence-electron chi connectivity index (χ4n) is 4.83. The van der Waals surface area contributed by atoms with Gasteiger partial charge in [0, 0.05) is 26.7 Å². The number of likely N-dealkylation sites (tertiary alicyclic amines) is 1. The van der Waals surface area contributed by atoms with Gasteiger partial charge in [0.15, 0.2) is 5.96 Å². The summed E-state index contributed by atoms with van der Waals surface area (Å²) in [5.41, 5.74) is -0.779. The highest BCUT2D eigenvalue weighted by Crippen LogP contribution is 2.30. The average molecular weight is 378 g/mol. The molecular weight excluding hydrogens is 342 g/mol. The Balaban J connectivity index is 1.48. The first-order valence-corrected chi connectivity index (χ1v) is 10.6. The first-order chi connectivity index (χ1) is 13.0. The van der Waals surface area contributed by atoms with Gasteiger partial charge in [0.2, 0.25) is 0 Å². The summed E-state index contributed by atoms with van der Waals surface area (Å²) in [5, 5.41) is 8.79. The van der Waals surface area contributed by atoms with Crippen LogP contribution in [-0.4, -0.2) is 55.0 Å². The van der Waals surface area contributed by atoms with Gasteiger partial charge in [-0.05, 0) is 44.4 Å². The SMILES string of the molecule is CN=C(NCC1CCCCCCC1)N1CCC(C2(C)NC(=O)NC2=O)CC1. The number of imide groups is 1. The summed E-state index contributed by atoms with van der Waals surface area (Å²) in [7, 11) is 1.85. The van der Waals surface area contributed by atoms with Crippen LogP contribution in [0.1, 0.15) is 64.7 Å². The smallest absolute Gasteiger partial charge is 0.322 e. The van der Waals surface area contributed by atoms with Crippen LogP contribution < -0.4 is 16.0 Å². The van der Waals surface area contributed by atoms with E-state index in [0.29, 0.717) is 0 Å². The van der Waals surface area contributed by atoms with E-state index in [1.54, 1.807) is 0 Å². The number of aliphatic imine (C=N–C) groups is 1. The van der Waals surface area contributed by atoms with Gasteiger partial charge < -0.3 is 15.5 Å². The van der Waals surface area contributed by atoms with Crippen LogP contribution in [-0.2, 0) is 4.79 Å². The molecule has 3 N–H and O–H groups in total. The van der Waals surface area contributed by atoms with Crippen LogP contribution in [0, 0.1) is 11.8 Å². The maximum atomic E-state index is 12.2. The third kappa shape index (κ3) is 4.74. The molecule has 3 fully saturated rings. The van der Waals surface area contributed by atoms with Crippen LogP contribution >= 0.6 is 0 Å². The van der Waals surface area contributed by atoms with Gasteiger partial charge in [-0.3, -0.25) is 15.1 Å². The number of nitrogens with one attached hydrogen (secondary N) is 3. The summed E-state index contributed by atoms with van der Waals surface area (Å²) in [4.78, 5) is 30.5. The van der Waals surface area contributed by atoms with E-state index in [4.69, 9.17) is 0 Å². The van der Waals surface area contributed by atoms with E-state index in [1.807, 2.05) is 14.0 Å². The van der Waals surface area contributed by atoms with Crippen molar-refractivity contribution in [3.05, 3.63) is 0 Å². The Morgan fingerprint density at radius 3 is 2.30 bits per heavy atom. The molecule has 2 saturated heterocycles. The molecule has 2 aliphatic heterocycles. The molecule has 3 amide bonds. The Hall–Kier alpha value is -1.79. The molecule has 7 heteroatoms. The predicted octanol–water partition coefficient (Wildman–Crippen LogP) is 2.23. The highest BCUT2D eigenvalue weighted by molar-refractivity contribution is 6.07. The molecule has 2 heterocycles. The number of guanidine groups is 1. The molecule has 0 spiro atoms. The van der Waals surface area contributed by atoms with Crippen molar-refractivity contribution in [2.45, 2.75) is 70.3 Å². The van der Waals surface area contributed by atoms with Crippen molar-refractivity contribution >= 4 is 17.9 Å². The zero-order chi connectivity index (χ0) is 19.3. The second-order valence-electron chi connectivity index (χ2n) is 8.51. The lowest BCUT2D eigenvalue weighted by Crippen LogP contribution is -2.55. The summed E-state index contributed by atoms with van der Waals surface area (Å²) in [6.45, 7) is 4.56. The number of nitrogens with zero attached hydrogens (tertiary/aromatic N) is 2. The summed E-state index contributed by atoms with van der Waals surface area (Å²) < 4.78 is 0. The van der Waals surface area contributed by atoms with Crippen LogP contribution in [0.4, 0.5) is 4.79 Å². The van der Waals surface area contributed by atoms with E-state index in [2.05, 4.69) is 25.8 Å². The highest BCUT2D eigenvalue weighted by Gasteiger charge is 2.48. The van der Waals surface area contributed by atoms with Gasteiger partial charge in [0.05, 0.1) is 0 Å². The third-order valence-corrected chi connectivity index (χ3v) is 6.67. The molecule has 1 unspecified atom stereocenters. The molecule has 1 saturated carbocycles. The molecule has 0 aromatic carbocycles. The highest BCUT2D eigenvalue weighted by atomic mass is 16.2. The van der Waals surface area contributed by atoms with Gasteiger partial charge in [0.1, 0.15) is 5.54 Å². The predicted molar refractivity (Wildman–Crippen MR) is 107 cm³/mol. The largest absolute Gasteiger partial charge is 0.356 e. The number of piperidine rings is 1. The topological polar surface area (TPSA) is 85.8 Å². The Morgan fingerprint density at radius 2 is 1.74 bits per heavy atom. The third-order valence-electron chi connectivity index (χ3n) is 6.67. The Labute approximate surface area is 162 Å². The summed E-state index contributed by atoms with van der Waals surface area (Å²) in [5.74, 6) is 1.68. The van der Waals surface area contributed by atoms with Gasteiger partial charge in [-0.2, -0.15) is 0 Å². The molecule has 152 valence electrons. The minimum atomic E-state index is -0.779. The van der Waals surface area contributed by atoms with Gasteiger partial charge in [-0.1, -0.05) is 32.1 Å². The second kappa shape index (κ2) is 8.93. The molecule has 3 aliphatic rings. The Morgan fingerprint density at radius 1 is 1.11 bits per heavy atom. The van der Waals surface area contributed by atoms with Crippen molar-refractivity contribution in [3.8, 4) is 0 Å². The van der Waals surface area contributed by atoms with E-state index in [9.17, 15) is 9.59 Å². The van der Waals surface area contributed by atoms with Crippen molar-refractivity contribution in [1.82, 2.24) is 20.9 Å². The minimum absolute atomic E-state index is 0.156. The van der Waals surface area contributed by atoms with Gasteiger partial charge in [-0.25, -0.2) is 4.79 Å². The van der Waals surface area contributed by atoms with E-state index in [1.165, 1.54) is 44.9 Å². The first-order valence-electron chi connectivity index (χ1n) is 10.6. The number of rotatable bonds is 3. The van der Waals surface area contributed by atoms with E-state index < -0.39 is 5.54 Å². The molecule has 1 atom stereocenters. The summed E-state index contributed by atoms with van der Waals surface area (Å²) in [6, 6.07) is -0.374. The van der Waals surface area contributed by atoms with Crippen LogP contribution in [0.5, 0.6) is 0 Å². The molecule has 0 aromatic rings. The number of amides is 3. The Bertz CT molecular complexity index is 563. The summed E-state index contributed by atoms with van der Waals surface area (Å²) >= 11 is 0. The zero-order valence-electron chi connectivity index (χ0n) is 16.9. The number of hydrogen-bond acceptors (Lipinski definition) is 3. The van der Waals surface area contributed by atoms with Gasteiger partial charge >= 0.3 is 6.03 Å². The molecular formula is C20H35N5O2. The first kappa shape index (κ1) is 20.0. The molecule has 1 aliphatic carbocycles. The van der Waals surface area contributed by atoms with Crippen molar-refractivity contribution in [3.63, 3.8) is 0 Å². The average Bonchev–Trinajstić information content (AvgIpc) is 2.90. The van der Waals surface area contributed by atoms with E-state index in [0.717, 1.165) is 44.4 Å². The molecule has 0 radical (unpaired) electrons. The molecule has 0 bridgehead atoms. The maximum Gasteiger partial charge on any atom is 0.322 e. The quantitative estimate of drug-likeness (QED) is 0.400. The molecule has 7 nitrogen and oxygen atoms in total. The van der Waals surface area contributed by atoms with Crippen molar-refractivity contribution in [1.29, 1.82) is 0 Å². The van der Waals surface area contributed by atoms with Crippen LogP contribution in [0.15, 0.2) is 4.99 Å². The van der Waals surface area contributed by atoms with Crippen LogP contribution in [0.25, 0.3) is 0 Å². The molecule has 0 aromatic heterocycles. The minimum Gasteiger partial charge on any atom is -0.356 e. The number of urea groups is 1. The Kier molecular flexibility index (Phi) is 6.60. The monoisotopic (exact) mass is 377 g/mol. The van der Waals surface area contributed by atoms with Crippen LogP contribution in [0.3, 0.4) is 0 Å². The lowest BCUT2D eigenvalue weighted by Gasteiger charge is -2.40. The molecule has 27 heavy (non-hydrogen) atoms. The number of hydrogen-bond donors (Lipinski definition) is 3. The number of carbonyl (C=O) groups excluding carboxylic acids is 2. The van der Waals surface area contributed by atoms with Crippen LogP contribution in [0.2, 0.25) is 0 Å². The lowest BCUT2D eigenvalue weighted by molar-refractivity contribution is -0.125. The van der Waals surface area contributed by atoms with E-state index in [-0.39, 0.29) is 17.9 Å². The fourth-order valence-corrected chi connectivity index (χ4v) is 4.83.